The lowest BCUT2D eigenvalue weighted by atomic mass is 9.74. The van der Waals surface area contributed by atoms with Crippen LogP contribution in [0.2, 0.25) is 0 Å². The van der Waals surface area contributed by atoms with E-state index in [-0.39, 0.29) is 0 Å². The van der Waals surface area contributed by atoms with Crippen molar-refractivity contribution in [3.8, 4) is 11.1 Å². The number of aryl methyl sites for hydroxylation is 2. The van der Waals surface area contributed by atoms with Crippen LogP contribution in [-0.2, 0) is 25.7 Å². The van der Waals surface area contributed by atoms with E-state index in [9.17, 15) is 0 Å². The molecule has 0 saturated heterocycles. The van der Waals surface area contributed by atoms with Gasteiger partial charge in [-0.3, -0.25) is 0 Å². The van der Waals surface area contributed by atoms with Gasteiger partial charge in [0.25, 0.3) is 0 Å². The molecule has 234 valence electrons. The molecule has 0 N–H and O–H groups in total. The number of benzene rings is 5. The highest BCUT2D eigenvalue weighted by Gasteiger charge is 2.28. The van der Waals surface area contributed by atoms with Crippen LogP contribution in [0, 0.1) is 5.92 Å². The molecule has 2 atom stereocenters. The highest BCUT2D eigenvalue weighted by atomic mass is 16.3. The van der Waals surface area contributed by atoms with Gasteiger partial charge in [-0.1, -0.05) is 116 Å². The molecule has 48 heavy (non-hydrogen) atoms. The van der Waals surface area contributed by atoms with E-state index >= 15 is 0 Å². The number of hydrogen-bond donors (Lipinski definition) is 0. The van der Waals surface area contributed by atoms with Crippen LogP contribution in [0.1, 0.15) is 83.2 Å². The summed E-state index contributed by atoms with van der Waals surface area (Å²) < 4.78 is 6.61. The van der Waals surface area contributed by atoms with Crippen LogP contribution in [0.4, 0.5) is 0 Å². The second-order valence-electron chi connectivity index (χ2n) is 14.5. The maximum Gasteiger partial charge on any atom is 0.142 e. The Bertz CT molecular complexity index is 2420. The summed E-state index contributed by atoms with van der Waals surface area (Å²) in [5.41, 5.74) is 15.4. The molecule has 1 aromatic heterocycles. The average Bonchev–Trinajstić information content (AvgIpc) is 3.53. The predicted molar refractivity (Wildman–Crippen MR) is 203 cm³/mol. The third-order valence-corrected chi connectivity index (χ3v) is 11.7. The molecule has 0 spiro atoms. The molecule has 4 aliphatic rings. The normalized spacial score (nSPS) is 19.8. The third-order valence-electron chi connectivity index (χ3n) is 11.7. The van der Waals surface area contributed by atoms with Gasteiger partial charge < -0.3 is 4.42 Å². The summed E-state index contributed by atoms with van der Waals surface area (Å²) in [4.78, 5) is 0. The molecule has 0 bridgehead atoms. The van der Waals surface area contributed by atoms with E-state index in [1.807, 2.05) is 0 Å². The maximum atomic E-state index is 6.61. The summed E-state index contributed by atoms with van der Waals surface area (Å²) >= 11 is 0. The minimum absolute atomic E-state index is 0.366. The molecule has 0 aliphatic heterocycles. The Morgan fingerprint density at radius 2 is 1.38 bits per heavy atom. The van der Waals surface area contributed by atoms with Gasteiger partial charge in [-0.05, 0) is 123 Å². The van der Waals surface area contributed by atoms with Crippen molar-refractivity contribution in [2.45, 2.75) is 64.2 Å². The predicted octanol–water partition coefficient (Wildman–Crippen LogP) is 12.6. The summed E-state index contributed by atoms with van der Waals surface area (Å²) in [7, 11) is 0. The van der Waals surface area contributed by atoms with Gasteiger partial charge in [0, 0.05) is 28.7 Å². The van der Waals surface area contributed by atoms with Crippen LogP contribution < -0.4 is 0 Å². The van der Waals surface area contributed by atoms with Crippen LogP contribution in [0.5, 0.6) is 0 Å². The number of rotatable bonds is 3. The molecule has 0 fully saturated rings. The topological polar surface area (TPSA) is 13.1 Å². The first-order valence-corrected chi connectivity index (χ1v) is 18.1. The number of allylic oxidation sites excluding steroid dienone is 6. The van der Waals surface area contributed by atoms with E-state index in [1.54, 1.807) is 11.1 Å². The molecule has 10 rings (SSSR count). The highest BCUT2D eigenvalue weighted by molar-refractivity contribution is 6.18. The van der Waals surface area contributed by atoms with Crippen molar-refractivity contribution in [1.82, 2.24) is 0 Å². The Morgan fingerprint density at radius 3 is 2.23 bits per heavy atom. The quantitative estimate of drug-likeness (QED) is 0.192. The number of fused-ring (bicyclic) bond motifs is 8. The standard InChI is InChI=1S/C47H40O/c1-29-22-23-33(27-41(29)32-25-24-30-12-2-3-13-31(30)26-32)45-36-16-5-7-18-38(36)46(39-19-8-6-17-37(39)45)42-28-43-35-15-10-11-21-44(35)48-47(43)40-20-9-4-14-34(40)42/h2,4-5,7,9-10,12,14-16,18,20,22-29,41H,3,6,8,11,13,17,19,21H2,1H3. The van der Waals surface area contributed by atoms with Gasteiger partial charge in [0.05, 0.1) is 0 Å². The lowest BCUT2D eigenvalue weighted by Crippen LogP contribution is -2.13. The van der Waals surface area contributed by atoms with Gasteiger partial charge in [-0.2, -0.15) is 0 Å². The van der Waals surface area contributed by atoms with Crippen LogP contribution >= 0.6 is 0 Å². The van der Waals surface area contributed by atoms with Gasteiger partial charge in [0.15, 0.2) is 0 Å². The Labute approximate surface area is 283 Å². The SMILES string of the molecule is CC1C=CC(c2c3c(c(-c4cc5c6c(oc5c5ccccc45)CCC=C6)c4ccccc24)CCCC3)=CC1c1ccc2c(c1)CCC=C2. The first-order chi connectivity index (χ1) is 23.7. The van der Waals surface area contributed by atoms with E-state index in [4.69, 9.17) is 4.42 Å². The van der Waals surface area contributed by atoms with E-state index in [0.29, 0.717) is 11.8 Å². The zero-order chi connectivity index (χ0) is 31.8. The second kappa shape index (κ2) is 11.1. The molecule has 1 heterocycles. The summed E-state index contributed by atoms with van der Waals surface area (Å²) in [5, 5.41) is 6.52. The zero-order valence-corrected chi connectivity index (χ0v) is 27.7. The summed E-state index contributed by atoms with van der Waals surface area (Å²) in [6.45, 7) is 2.38. The lowest BCUT2D eigenvalue weighted by molar-refractivity contribution is 0.549. The molecule has 4 aliphatic carbocycles. The van der Waals surface area contributed by atoms with Crippen LogP contribution in [0.15, 0.2) is 108 Å². The fourth-order valence-corrected chi connectivity index (χ4v) is 9.32. The minimum atomic E-state index is 0.366. The van der Waals surface area contributed by atoms with Crippen LogP contribution in [-0.4, -0.2) is 0 Å². The molecule has 5 aromatic carbocycles. The smallest absolute Gasteiger partial charge is 0.142 e. The van der Waals surface area contributed by atoms with Crippen molar-refractivity contribution >= 4 is 50.2 Å². The van der Waals surface area contributed by atoms with Crippen LogP contribution in [0.3, 0.4) is 0 Å². The molecule has 2 unspecified atom stereocenters. The summed E-state index contributed by atoms with van der Waals surface area (Å²) in [6, 6.07) is 27.9. The second-order valence-corrected chi connectivity index (χ2v) is 14.5. The summed E-state index contributed by atoms with van der Waals surface area (Å²) in [5.74, 6) is 1.96. The molecule has 6 aromatic rings. The van der Waals surface area contributed by atoms with Gasteiger partial charge in [0.1, 0.15) is 11.3 Å². The third kappa shape index (κ3) is 4.30. The zero-order valence-electron chi connectivity index (χ0n) is 27.7. The van der Waals surface area contributed by atoms with Crippen molar-refractivity contribution < 1.29 is 4.42 Å². The number of furan rings is 1. The van der Waals surface area contributed by atoms with Gasteiger partial charge in [0.2, 0.25) is 0 Å². The van der Waals surface area contributed by atoms with Crippen molar-refractivity contribution in [3.05, 3.63) is 148 Å². The molecular weight excluding hydrogens is 581 g/mol. The fourth-order valence-electron chi connectivity index (χ4n) is 9.32. The van der Waals surface area contributed by atoms with Crippen molar-refractivity contribution in [1.29, 1.82) is 0 Å². The molecule has 1 heteroatoms. The van der Waals surface area contributed by atoms with E-state index in [2.05, 4.69) is 122 Å². The molecule has 0 saturated carbocycles. The van der Waals surface area contributed by atoms with E-state index < -0.39 is 0 Å². The lowest BCUT2D eigenvalue weighted by Gasteiger charge is -2.30. The minimum Gasteiger partial charge on any atom is -0.460 e. The van der Waals surface area contributed by atoms with Gasteiger partial charge in [-0.25, -0.2) is 0 Å². The average molecular weight is 621 g/mol. The van der Waals surface area contributed by atoms with E-state index in [1.165, 1.54) is 84.3 Å². The van der Waals surface area contributed by atoms with Crippen LogP contribution in [0.25, 0.3) is 61.4 Å². The largest absolute Gasteiger partial charge is 0.460 e. The Morgan fingerprint density at radius 1 is 0.646 bits per heavy atom. The van der Waals surface area contributed by atoms with Crippen molar-refractivity contribution in [3.63, 3.8) is 0 Å². The first kappa shape index (κ1) is 28.2. The van der Waals surface area contributed by atoms with Crippen molar-refractivity contribution in [2.24, 2.45) is 5.92 Å². The number of hydrogen-bond acceptors (Lipinski definition) is 1. The Hall–Kier alpha value is -4.88. The molecule has 0 radical (unpaired) electrons. The molecular formula is C47H40O. The highest BCUT2D eigenvalue weighted by Crippen LogP contribution is 2.49. The Balaban J connectivity index is 1.22. The van der Waals surface area contributed by atoms with Crippen molar-refractivity contribution in [2.75, 3.05) is 0 Å². The summed E-state index contributed by atoms with van der Waals surface area (Å²) in [6.07, 6.45) is 25.7. The molecule has 0 amide bonds. The fraction of sp³-hybridized carbons (Fsp3) is 0.234. The monoisotopic (exact) mass is 620 g/mol. The first-order valence-electron chi connectivity index (χ1n) is 18.1. The Kier molecular flexibility index (Phi) is 6.51. The molecule has 1 nitrogen and oxygen atoms in total. The van der Waals surface area contributed by atoms with Gasteiger partial charge in [-0.15, -0.1) is 0 Å². The maximum absolute atomic E-state index is 6.61. The van der Waals surface area contributed by atoms with E-state index in [0.717, 1.165) is 49.9 Å². The van der Waals surface area contributed by atoms with Gasteiger partial charge >= 0.3 is 0 Å².